The number of nitrogens with zero attached hydrogens (tertiary/aromatic N) is 4. The van der Waals surface area contributed by atoms with Crippen LogP contribution in [0.3, 0.4) is 0 Å². The maximum Gasteiger partial charge on any atom is 0.158 e. The Morgan fingerprint density at radius 3 is 3.00 bits per heavy atom. The molecule has 5 nitrogen and oxygen atoms in total. The van der Waals surface area contributed by atoms with Crippen LogP contribution in [0, 0.1) is 6.92 Å². The third kappa shape index (κ3) is 1.13. The fourth-order valence-corrected chi connectivity index (χ4v) is 1.65. The molecule has 0 aromatic carbocycles. The average Bonchev–Trinajstić information content (AvgIpc) is 2.85. The lowest BCUT2D eigenvalue weighted by atomic mass is 10.3. The summed E-state index contributed by atoms with van der Waals surface area (Å²) in [6.45, 7) is 1.95. The fourth-order valence-electron chi connectivity index (χ4n) is 1.65. The van der Waals surface area contributed by atoms with Crippen LogP contribution in [0.4, 0.5) is 0 Å². The highest BCUT2D eigenvalue weighted by Gasteiger charge is 2.07. The minimum atomic E-state index is 0.883. The number of imidazole rings is 1. The van der Waals surface area contributed by atoms with Crippen LogP contribution >= 0.6 is 0 Å². The topological polar surface area (TPSA) is 58.9 Å². The van der Waals surface area contributed by atoms with Crippen LogP contribution in [0.1, 0.15) is 5.69 Å². The number of rotatable bonds is 1. The van der Waals surface area contributed by atoms with Crippen LogP contribution in [0.15, 0.2) is 31.0 Å². The molecule has 0 aliphatic carbocycles. The van der Waals surface area contributed by atoms with Gasteiger partial charge in [-0.15, -0.1) is 0 Å². The number of nitrogens with one attached hydrogen (secondary N) is 1. The molecule has 0 spiro atoms. The van der Waals surface area contributed by atoms with Gasteiger partial charge >= 0.3 is 0 Å². The maximum atomic E-state index is 4.33. The van der Waals surface area contributed by atoms with E-state index in [-0.39, 0.29) is 0 Å². The standard InChI is InChI=1S/C10H9N5/c1-7-10-12-6-9(8-4-13-14-5-8)15(10)3-2-11-7/h2-6H,1H3,(H,13,14). The second kappa shape index (κ2) is 2.91. The van der Waals surface area contributed by atoms with Crippen molar-refractivity contribution < 1.29 is 0 Å². The van der Waals surface area contributed by atoms with Gasteiger partial charge in [0, 0.05) is 24.2 Å². The molecule has 1 N–H and O–H groups in total. The summed E-state index contributed by atoms with van der Waals surface area (Å²) in [4.78, 5) is 8.53. The van der Waals surface area contributed by atoms with E-state index >= 15 is 0 Å². The van der Waals surface area contributed by atoms with E-state index in [0.717, 1.165) is 22.6 Å². The summed E-state index contributed by atoms with van der Waals surface area (Å²) in [7, 11) is 0. The molecular weight excluding hydrogens is 190 g/mol. The molecule has 0 saturated carbocycles. The van der Waals surface area contributed by atoms with Crippen LogP contribution in [-0.4, -0.2) is 24.6 Å². The van der Waals surface area contributed by atoms with Crippen LogP contribution in [0.25, 0.3) is 16.9 Å². The molecule has 0 amide bonds. The Balaban J connectivity index is 2.34. The third-order valence-electron chi connectivity index (χ3n) is 2.40. The number of hydrogen-bond acceptors (Lipinski definition) is 3. The minimum absolute atomic E-state index is 0.883. The molecule has 3 aromatic heterocycles. The smallest absolute Gasteiger partial charge is 0.158 e. The Bertz CT molecular complexity index is 593. The van der Waals surface area contributed by atoms with Crippen molar-refractivity contribution in [3.8, 4) is 11.3 Å². The van der Waals surface area contributed by atoms with E-state index in [1.807, 2.05) is 29.9 Å². The average molecular weight is 199 g/mol. The van der Waals surface area contributed by atoms with Gasteiger partial charge in [-0.3, -0.25) is 14.5 Å². The van der Waals surface area contributed by atoms with Gasteiger partial charge in [-0.1, -0.05) is 0 Å². The van der Waals surface area contributed by atoms with Crippen LogP contribution in [0.5, 0.6) is 0 Å². The second-order valence-electron chi connectivity index (χ2n) is 3.34. The van der Waals surface area contributed by atoms with Gasteiger partial charge in [0.25, 0.3) is 0 Å². The predicted molar refractivity (Wildman–Crippen MR) is 55.3 cm³/mol. The van der Waals surface area contributed by atoms with Crippen LogP contribution in [-0.2, 0) is 0 Å². The first-order chi connectivity index (χ1) is 7.36. The molecule has 0 bridgehead atoms. The minimum Gasteiger partial charge on any atom is -0.297 e. The van der Waals surface area contributed by atoms with E-state index < -0.39 is 0 Å². The normalized spacial score (nSPS) is 11.0. The lowest BCUT2D eigenvalue weighted by molar-refractivity contribution is 1.08. The summed E-state index contributed by atoms with van der Waals surface area (Å²) >= 11 is 0. The van der Waals surface area contributed by atoms with Crippen LogP contribution < -0.4 is 0 Å². The van der Waals surface area contributed by atoms with Gasteiger partial charge in [-0.25, -0.2) is 4.98 Å². The summed E-state index contributed by atoms with van der Waals surface area (Å²) in [6, 6.07) is 0. The van der Waals surface area contributed by atoms with Crippen molar-refractivity contribution in [3.05, 3.63) is 36.7 Å². The van der Waals surface area contributed by atoms with Gasteiger partial charge in [-0.05, 0) is 6.92 Å². The number of aromatic amines is 1. The van der Waals surface area contributed by atoms with Gasteiger partial charge in [0.15, 0.2) is 5.65 Å². The monoisotopic (exact) mass is 199 g/mol. The molecule has 0 aliphatic rings. The molecule has 0 saturated heterocycles. The van der Waals surface area contributed by atoms with E-state index in [1.165, 1.54) is 0 Å². The number of fused-ring (bicyclic) bond motifs is 1. The molecule has 0 aliphatic heterocycles. The number of aryl methyl sites for hydroxylation is 1. The quantitative estimate of drug-likeness (QED) is 0.645. The second-order valence-corrected chi connectivity index (χ2v) is 3.34. The Morgan fingerprint density at radius 1 is 1.27 bits per heavy atom. The molecule has 0 fully saturated rings. The first kappa shape index (κ1) is 8.16. The molecule has 0 radical (unpaired) electrons. The van der Waals surface area contributed by atoms with Crippen molar-refractivity contribution in [2.24, 2.45) is 0 Å². The fraction of sp³-hybridized carbons (Fsp3) is 0.100. The van der Waals surface area contributed by atoms with E-state index in [2.05, 4.69) is 20.2 Å². The van der Waals surface area contributed by atoms with Crippen molar-refractivity contribution in [2.45, 2.75) is 6.92 Å². The Morgan fingerprint density at radius 2 is 2.20 bits per heavy atom. The van der Waals surface area contributed by atoms with E-state index in [1.54, 1.807) is 12.4 Å². The van der Waals surface area contributed by atoms with Crippen molar-refractivity contribution in [3.63, 3.8) is 0 Å². The Kier molecular flexibility index (Phi) is 1.58. The van der Waals surface area contributed by atoms with E-state index in [4.69, 9.17) is 0 Å². The van der Waals surface area contributed by atoms with E-state index in [9.17, 15) is 0 Å². The highest BCUT2D eigenvalue weighted by molar-refractivity contribution is 5.62. The van der Waals surface area contributed by atoms with Gasteiger partial charge in [-0.2, -0.15) is 5.10 Å². The summed E-state index contributed by atoms with van der Waals surface area (Å²) in [6.07, 6.45) is 9.12. The highest BCUT2D eigenvalue weighted by Crippen LogP contribution is 2.19. The third-order valence-corrected chi connectivity index (χ3v) is 2.40. The highest BCUT2D eigenvalue weighted by atomic mass is 15.1. The predicted octanol–water partition coefficient (Wildman–Crippen LogP) is 1.43. The number of hydrogen-bond donors (Lipinski definition) is 1. The SMILES string of the molecule is Cc1nccn2c(-c3cn[nH]c3)cnc12. The van der Waals surface area contributed by atoms with Gasteiger partial charge < -0.3 is 0 Å². The molecule has 0 unspecified atom stereocenters. The molecular formula is C10H9N5. The summed E-state index contributed by atoms with van der Waals surface area (Å²) < 4.78 is 2.01. The summed E-state index contributed by atoms with van der Waals surface area (Å²) in [5.41, 5.74) is 3.85. The summed E-state index contributed by atoms with van der Waals surface area (Å²) in [5.74, 6) is 0. The zero-order valence-corrected chi connectivity index (χ0v) is 8.18. The lowest BCUT2D eigenvalue weighted by Crippen LogP contribution is -1.91. The Labute approximate surface area is 85.8 Å². The van der Waals surface area contributed by atoms with Gasteiger partial charge in [0.1, 0.15) is 0 Å². The molecule has 3 heterocycles. The largest absolute Gasteiger partial charge is 0.297 e. The van der Waals surface area contributed by atoms with Crippen molar-refractivity contribution in [1.29, 1.82) is 0 Å². The zero-order chi connectivity index (χ0) is 10.3. The summed E-state index contributed by atoms with van der Waals surface area (Å²) in [5, 5.41) is 6.72. The maximum absolute atomic E-state index is 4.33. The molecule has 15 heavy (non-hydrogen) atoms. The molecule has 5 heteroatoms. The first-order valence-electron chi connectivity index (χ1n) is 4.64. The molecule has 74 valence electrons. The molecule has 3 rings (SSSR count). The van der Waals surface area contributed by atoms with Crippen molar-refractivity contribution in [2.75, 3.05) is 0 Å². The first-order valence-corrected chi connectivity index (χ1v) is 4.64. The lowest BCUT2D eigenvalue weighted by Gasteiger charge is -1.99. The van der Waals surface area contributed by atoms with Gasteiger partial charge in [0.2, 0.25) is 0 Å². The number of H-pyrrole nitrogens is 1. The van der Waals surface area contributed by atoms with E-state index in [0.29, 0.717) is 0 Å². The van der Waals surface area contributed by atoms with Gasteiger partial charge in [0.05, 0.1) is 23.8 Å². The Hall–Kier alpha value is -2.17. The van der Waals surface area contributed by atoms with Crippen molar-refractivity contribution in [1.82, 2.24) is 24.6 Å². The van der Waals surface area contributed by atoms with Crippen LogP contribution in [0.2, 0.25) is 0 Å². The molecule has 3 aromatic rings. The zero-order valence-electron chi connectivity index (χ0n) is 8.18. The van der Waals surface area contributed by atoms with Crippen molar-refractivity contribution >= 4 is 5.65 Å². The number of aromatic nitrogens is 5. The molecule has 0 atom stereocenters.